The summed E-state index contributed by atoms with van der Waals surface area (Å²) < 4.78 is 5.32. The zero-order valence-electron chi connectivity index (χ0n) is 13.0. The van der Waals surface area contributed by atoms with Crippen LogP contribution in [0.15, 0.2) is 0 Å². The maximum atomic E-state index is 10.9. The van der Waals surface area contributed by atoms with E-state index < -0.39 is 11.4 Å². The van der Waals surface area contributed by atoms with Crippen LogP contribution in [0, 0.1) is 5.41 Å². The van der Waals surface area contributed by atoms with E-state index >= 15 is 0 Å². The van der Waals surface area contributed by atoms with Gasteiger partial charge in [0.15, 0.2) is 0 Å². The monoisotopic (exact) mass is 274 g/mol. The molecule has 0 saturated carbocycles. The molecule has 0 aliphatic heterocycles. The number of carbonyl (C=O) groups is 1. The summed E-state index contributed by atoms with van der Waals surface area (Å²) in [7, 11) is 1.70. The van der Waals surface area contributed by atoms with E-state index in [1.54, 1.807) is 21.0 Å². The van der Waals surface area contributed by atoms with Crippen molar-refractivity contribution in [1.29, 1.82) is 0 Å². The molecule has 0 spiro atoms. The highest BCUT2D eigenvalue weighted by molar-refractivity contribution is 5.73. The zero-order chi connectivity index (χ0) is 15.1. The maximum absolute atomic E-state index is 10.9. The predicted molar refractivity (Wildman–Crippen MR) is 76.2 cm³/mol. The first kappa shape index (κ1) is 18.4. The molecule has 19 heavy (non-hydrogen) atoms. The molecule has 0 aliphatic rings. The smallest absolute Gasteiger partial charge is 0.309 e. The second-order valence-electron chi connectivity index (χ2n) is 6.59. The molecule has 4 nitrogen and oxygen atoms in total. The van der Waals surface area contributed by atoms with E-state index in [0.717, 1.165) is 25.7 Å². The lowest BCUT2D eigenvalue weighted by molar-refractivity contribution is -0.147. The second kappa shape index (κ2) is 7.85. The van der Waals surface area contributed by atoms with Crippen molar-refractivity contribution in [3.8, 4) is 0 Å². The Bertz CT molecular complexity index is 271. The fourth-order valence-electron chi connectivity index (χ4n) is 1.90. The molecular formula is C15H30O4. The number of carboxylic acid groups (broad SMARTS) is 1. The Balaban J connectivity index is 3.77. The van der Waals surface area contributed by atoms with Gasteiger partial charge in [0.25, 0.3) is 0 Å². The van der Waals surface area contributed by atoms with Crippen molar-refractivity contribution in [3.05, 3.63) is 0 Å². The van der Waals surface area contributed by atoms with E-state index in [0.29, 0.717) is 12.8 Å². The SMILES string of the molecule is COC(C)(C)CCCC(O)CCCC(C)(C)C(=O)O. The van der Waals surface area contributed by atoms with Crippen molar-refractivity contribution >= 4 is 5.97 Å². The van der Waals surface area contributed by atoms with Crippen LogP contribution in [-0.2, 0) is 9.53 Å². The molecule has 2 N–H and O–H groups in total. The van der Waals surface area contributed by atoms with Crippen molar-refractivity contribution < 1.29 is 19.7 Å². The number of ether oxygens (including phenoxy) is 1. The lowest BCUT2D eigenvalue weighted by Gasteiger charge is -2.23. The van der Waals surface area contributed by atoms with Crippen molar-refractivity contribution in [3.63, 3.8) is 0 Å². The molecule has 0 aromatic heterocycles. The number of carboxylic acids is 1. The summed E-state index contributed by atoms with van der Waals surface area (Å²) in [5.74, 6) is -0.774. The molecule has 0 rings (SSSR count). The first-order valence-corrected chi connectivity index (χ1v) is 7.07. The Morgan fingerprint density at radius 1 is 1.11 bits per heavy atom. The van der Waals surface area contributed by atoms with Gasteiger partial charge in [0.2, 0.25) is 0 Å². The summed E-state index contributed by atoms with van der Waals surface area (Å²) >= 11 is 0. The van der Waals surface area contributed by atoms with Crippen molar-refractivity contribution in [2.75, 3.05) is 7.11 Å². The first-order valence-electron chi connectivity index (χ1n) is 7.07. The fraction of sp³-hybridized carbons (Fsp3) is 0.933. The van der Waals surface area contributed by atoms with Gasteiger partial charge in [-0.05, 0) is 66.2 Å². The minimum atomic E-state index is -0.774. The molecule has 1 unspecified atom stereocenters. The van der Waals surface area contributed by atoms with E-state index in [-0.39, 0.29) is 11.7 Å². The summed E-state index contributed by atoms with van der Waals surface area (Å²) in [5.41, 5.74) is -0.831. The molecule has 0 heterocycles. The van der Waals surface area contributed by atoms with Crippen LogP contribution in [-0.4, -0.2) is 35.0 Å². The van der Waals surface area contributed by atoms with Crippen LogP contribution in [0.25, 0.3) is 0 Å². The molecule has 0 fully saturated rings. The van der Waals surface area contributed by atoms with Crippen LogP contribution >= 0.6 is 0 Å². The third-order valence-corrected chi connectivity index (χ3v) is 3.79. The molecule has 0 aliphatic carbocycles. The number of aliphatic carboxylic acids is 1. The summed E-state index contributed by atoms with van der Waals surface area (Å²) in [6.45, 7) is 7.52. The Labute approximate surface area is 117 Å². The van der Waals surface area contributed by atoms with Crippen LogP contribution < -0.4 is 0 Å². The van der Waals surface area contributed by atoms with Crippen molar-refractivity contribution in [2.24, 2.45) is 5.41 Å². The Morgan fingerprint density at radius 2 is 1.58 bits per heavy atom. The van der Waals surface area contributed by atoms with Crippen LogP contribution in [0.2, 0.25) is 0 Å². The minimum Gasteiger partial charge on any atom is -0.481 e. The fourth-order valence-corrected chi connectivity index (χ4v) is 1.90. The zero-order valence-corrected chi connectivity index (χ0v) is 13.0. The van der Waals surface area contributed by atoms with Crippen LogP contribution in [0.3, 0.4) is 0 Å². The van der Waals surface area contributed by atoms with Crippen molar-refractivity contribution in [1.82, 2.24) is 0 Å². The van der Waals surface area contributed by atoms with Gasteiger partial charge in [-0.3, -0.25) is 4.79 Å². The topological polar surface area (TPSA) is 66.8 Å². The van der Waals surface area contributed by atoms with E-state index in [4.69, 9.17) is 9.84 Å². The third kappa shape index (κ3) is 8.22. The molecule has 0 aromatic rings. The van der Waals surface area contributed by atoms with Gasteiger partial charge in [0.1, 0.15) is 0 Å². The number of aliphatic hydroxyl groups excluding tert-OH is 1. The van der Waals surface area contributed by atoms with Gasteiger partial charge in [-0.1, -0.05) is 0 Å². The van der Waals surface area contributed by atoms with Crippen molar-refractivity contribution in [2.45, 2.75) is 77.9 Å². The van der Waals surface area contributed by atoms with Crippen LogP contribution in [0.5, 0.6) is 0 Å². The average molecular weight is 274 g/mol. The maximum Gasteiger partial charge on any atom is 0.309 e. The summed E-state index contributed by atoms with van der Waals surface area (Å²) in [5, 5.41) is 18.9. The molecule has 114 valence electrons. The highest BCUT2D eigenvalue weighted by Gasteiger charge is 2.26. The standard InChI is InChI=1S/C15H30O4/c1-14(2,13(17)18)10-6-8-12(16)9-7-11-15(3,4)19-5/h12,16H,6-11H2,1-5H3,(H,17,18). The Hall–Kier alpha value is -0.610. The van der Waals surface area contributed by atoms with Gasteiger partial charge in [-0.25, -0.2) is 0 Å². The quantitative estimate of drug-likeness (QED) is 0.642. The highest BCUT2D eigenvalue weighted by Crippen LogP contribution is 2.25. The molecular weight excluding hydrogens is 244 g/mol. The van der Waals surface area contributed by atoms with E-state index in [2.05, 4.69) is 0 Å². The normalized spacial score (nSPS) is 14.4. The van der Waals surface area contributed by atoms with E-state index in [9.17, 15) is 9.90 Å². The lowest BCUT2D eigenvalue weighted by atomic mass is 9.86. The van der Waals surface area contributed by atoms with Gasteiger partial charge >= 0.3 is 5.97 Å². The van der Waals surface area contributed by atoms with Gasteiger partial charge in [0.05, 0.1) is 17.1 Å². The molecule has 4 heteroatoms. The minimum absolute atomic E-state index is 0.134. The van der Waals surface area contributed by atoms with Gasteiger partial charge in [-0.15, -0.1) is 0 Å². The first-order chi connectivity index (χ1) is 8.60. The molecule has 0 aromatic carbocycles. The van der Waals surface area contributed by atoms with E-state index in [1.807, 2.05) is 13.8 Å². The van der Waals surface area contributed by atoms with Gasteiger partial charge in [-0.2, -0.15) is 0 Å². The molecule has 0 radical (unpaired) electrons. The van der Waals surface area contributed by atoms with Gasteiger partial charge < -0.3 is 14.9 Å². The Kier molecular flexibility index (Phi) is 7.60. The second-order valence-corrected chi connectivity index (χ2v) is 6.59. The van der Waals surface area contributed by atoms with Crippen LogP contribution in [0.1, 0.15) is 66.2 Å². The number of methoxy groups -OCH3 is 1. The summed E-state index contributed by atoms with van der Waals surface area (Å²) in [4.78, 5) is 10.9. The van der Waals surface area contributed by atoms with Gasteiger partial charge in [0, 0.05) is 7.11 Å². The molecule has 1 atom stereocenters. The summed E-state index contributed by atoms with van der Waals surface area (Å²) in [6, 6.07) is 0. The largest absolute Gasteiger partial charge is 0.481 e. The average Bonchev–Trinajstić information content (AvgIpc) is 2.28. The summed E-state index contributed by atoms with van der Waals surface area (Å²) in [6.07, 6.45) is 4.27. The number of rotatable bonds is 10. The molecule has 0 amide bonds. The molecule has 0 saturated heterocycles. The van der Waals surface area contributed by atoms with E-state index in [1.165, 1.54) is 0 Å². The van der Waals surface area contributed by atoms with Crippen LogP contribution in [0.4, 0.5) is 0 Å². The highest BCUT2D eigenvalue weighted by atomic mass is 16.5. The molecule has 0 bridgehead atoms. The number of aliphatic hydroxyl groups is 1. The number of hydrogen-bond donors (Lipinski definition) is 2. The lowest BCUT2D eigenvalue weighted by Crippen LogP contribution is -2.24. The Morgan fingerprint density at radius 3 is 2.00 bits per heavy atom. The number of hydrogen-bond acceptors (Lipinski definition) is 3. The third-order valence-electron chi connectivity index (χ3n) is 3.79. The predicted octanol–water partition coefficient (Wildman–Crippen LogP) is 3.22.